The average molecular weight is 262 g/mol. The molecule has 0 radical (unpaired) electrons. The van der Waals surface area contributed by atoms with Crippen LogP contribution < -0.4 is 4.57 Å². The molecular weight excluding hydrogens is 250 g/mol. The Morgan fingerprint density at radius 3 is 3.10 bits per heavy atom. The molecule has 0 bridgehead atoms. The van der Waals surface area contributed by atoms with E-state index in [1.807, 2.05) is 24.8 Å². The predicted octanol–water partition coefficient (Wildman–Crippen LogP) is 1.54. The second-order valence-electron chi connectivity index (χ2n) is 5.20. The predicted molar refractivity (Wildman–Crippen MR) is 74.2 cm³/mol. The zero-order chi connectivity index (χ0) is 13.3. The van der Waals surface area contributed by atoms with E-state index in [9.17, 15) is 0 Å². The first-order valence-electron chi connectivity index (χ1n) is 6.62. The lowest BCUT2D eigenvalue weighted by atomic mass is 10.2. The van der Waals surface area contributed by atoms with Crippen molar-refractivity contribution in [3.05, 3.63) is 48.8 Å². The fourth-order valence-corrected chi connectivity index (χ4v) is 3.32. The first-order chi connectivity index (χ1) is 9.84. The molecule has 4 aromatic rings. The average Bonchev–Trinajstić information content (AvgIpc) is 3.10. The molecule has 1 aliphatic heterocycles. The van der Waals surface area contributed by atoms with Gasteiger partial charge in [-0.25, -0.2) is 14.1 Å². The lowest BCUT2D eigenvalue weighted by Crippen LogP contribution is -2.31. The van der Waals surface area contributed by atoms with Crippen LogP contribution >= 0.6 is 0 Å². The van der Waals surface area contributed by atoms with E-state index in [4.69, 9.17) is 0 Å². The van der Waals surface area contributed by atoms with Gasteiger partial charge in [0, 0.05) is 12.4 Å². The maximum absolute atomic E-state index is 4.51. The molecule has 1 aliphatic rings. The highest BCUT2D eigenvalue weighted by Gasteiger charge is 2.34. The van der Waals surface area contributed by atoms with E-state index in [0.29, 0.717) is 0 Å². The van der Waals surface area contributed by atoms with Gasteiger partial charge in [-0.3, -0.25) is 9.38 Å². The van der Waals surface area contributed by atoms with Crippen LogP contribution in [0.15, 0.2) is 43.1 Å². The molecule has 0 spiro atoms. The fourth-order valence-electron chi connectivity index (χ4n) is 3.32. The van der Waals surface area contributed by atoms with Crippen LogP contribution in [-0.4, -0.2) is 18.9 Å². The monoisotopic (exact) mass is 262 g/mol. The lowest BCUT2D eigenvalue weighted by molar-refractivity contribution is -0.645. The molecule has 5 heterocycles. The summed E-state index contributed by atoms with van der Waals surface area (Å²) < 4.78 is 6.67. The van der Waals surface area contributed by atoms with E-state index in [0.717, 1.165) is 12.2 Å². The van der Waals surface area contributed by atoms with Gasteiger partial charge in [-0.15, -0.1) is 0 Å². The van der Waals surface area contributed by atoms with Crippen LogP contribution in [0, 0.1) is 0 Å². The molecule has 20 heavy (non-hydrogen) atoms. The fraction of sp³-hybridized carbons (Fsp3) is 0.133. The van der Waals surface area contributed by atoms with Gasteiger partial charge in [0.25, 0.3) is 5.82 Å². The van der Waals surface area contributed by atoms with E-state index in [1.54, 1.807) is 0 Å². The summed E-state index contributed by atoms with van der Waals surface area (Å²) >= 11 is 0. The zero-order valence-corrected chi connectivity index (χ0v) is 11.0. The number of nitrogens with zero attached hydrogens (tertiary/aromatic N) is 5. The largest absolute Gasteiger partial charge is 0.299 e. The summed E-state index contributed by atoms with van der Waals surface area (Å²) in [5, 5.41) is 0. The summed E-state index contributed by atoms with van der Waals surface area (Å²) in [6.45, 7) is 0.838. The summed E-state index contributed by atoms with van der Waals surface area (Å²) in [6.07, 6.45) is 7.70. The first kappa shape index (κ1) is 10.1. The van der Waals surface area contributed by atoms with Crippen LogP contribution in [0.1, 0.15) is 5.69 Å². The first-order valence-corrected chi connectivity index (χ1v) is 6.62. The SMILES string of the molecule is Cn1c2[n+](c3c1cn1cnccc31)Cc1ncccc1-2. The van der Waals surface area contributed by atoms with E-state index in [-0.39, 0.29) is 0 Å². The van der Waals surface area contributed by atoms with Gasteiger partial charge in [0.2, 0.25) is 5.52 Å². The third-order valence-electron chi connectivity index (χ3n) is 4.18. The Kier molecular flexibility index (Phi) is 1.65. The zero-order valence-electron chi connectivity index (χ0n) is 11.0. The number of hydrogen-bond acceptors (Lipinski definition) is 2. The van der Waals surface area contributed by atoms with E-state index in [1.165, 1.54) is 27.9 Å². The molecule has 5 rings (SSSR count). The summed E-state index contributed by atoms with van der Waals surface area (Å²) in [6, 6.07) is 6.21. The second kappa shape index (κ2) is 3.25. The van der Waals surface area contributed by atoms with Gasteiger partial charge >= 0.3 is 0 Å². The Morgan fingerprint density at radius 1 is 1.20 bits per heavy atom. The minimum Gasteiger partial charge on any atom is -0.299 e. The Labute approximate surface area is 114 Å². The molecule has 0 amide bonds. The molecule has 0 fully saturated rings. The Bertz CT molecular complexity index is 992. The van der Waals surface area contributed by atoms with Gasteiger partial charge in [-0.05, 0) is 18.2 Å². The van der Waals surface area contributed by atoms with Gasteiger partial charge in [-0.2, -0.15) is 0 Å². The molecule has 5 heteroatoms. The van der Waals surface area contributed by atoms with Gasteiger partial charge in [0.1, 0.15) is 6.54 Å². The molecule has 0 aliphatic carbocycles. The van der Waals surface area contributed by atoms with Crippen LogP contribution in [0.5, 0.6) is 0 Å². The number of rotatable bonds is 0. The molecule has 96 valence electrons. The highest BCUT2D eigenvalue weighted by Crippen LogP contribution is 2.31. The van der Waals surface area contributed by atoms with Crippen molar-refractivity contribution in [2.24, 2.45) is 7.05 Å². The molecular formula is C15H12N5+. The Hall–Kier alpha value is -2.69. The van der Waals surface area contributed by atoms with Crippen LogP contribution in [0.4, 0.5) is 0 Å². The maximum Gasteiger partial charge on any atom is 0.292 e. The summed E-state index contributed by atoms with van der Waals surface area (Å²) in [5.74, 6) is 1.23. The molecule has 0 aromatic carbocycles. The molecule has 0 unspecified atom stereocenters. The lowest BCUT2D eigenvalue weighted by Gasteiger charge is -1.94. The Morgan fingerprint density at radius 2 is 2.15 bits per heavy atom. The van der Waals surface area contributed by atoms with E-state index < -0.39 is 0 Å². The molecule has 0 atom stereocenters. The van der Waals surface area contributed by atoms with Gasteiger partial charge in [-0.1, -0.05) is 0 Å². The number of hydrogen-bond donors (Lipinski definition) is 0. The van der Waals surface area contributed by atoms with Gasteiger partial charge in [0.05, 0.1) is 36.3 Å². The van der Waals surface area contributed by atoms with Crippen LogP contribution in [0.3, 0.4) is 0 Å². The molecule has 0 saturated heterocycles. The van der Waals surface area contributed by atoms with Crippen molar-refractivity contribution in [2.75, 3.05) is 0 Å². The van der Waals surface area contributed by atoms with Crippen LogP contribution in [0.25, 0.3) is 27.9 Å². The van der Waals surface area contributed by atoms with Crippen molar-refractivity contribution < 1.29 is 4.57 Å². The van der Waals surface area contributed by atoms with Crippen molar-refractivity contribution in [2.45, 2.75) is 6.54 Å². The minimum atomic E-state index is 0.838. The summed E-state index contributed by atoms with van der Waals surface area (Å²) in [4.78, 5) is 8.69. The maximum atomic E-state index is 4.51. The summed E-state index contributed by atoms with van der Waals surface area (Å²) in [7, 11) is 2.11. The smallest absolute Gasteiger partial charge is 0.292 e. The molecule has 0 N–H and O–H groups in total. The normalized spacial score (nSPS) is 13.1. The van der Waals surface area contributed by atoms with Crippen molar-refractivity contribution in [1.82, 2.24) is 18.9 Å². The van der Waals surface area contributed by atoms with E-state index in [2.05, 4.69) is 48.9 Å². The standard InChI is InChI=1S/C15H12N5/c1-18-13-8-19-9-16-6-4-12(19)14(13)20-7-11-10(15(18)20)3-2-5-17-11/h2-6,8-9H,7H2,1H3/q+1. The topological polar surface area (TPSA) is 39.0 Å². The van der Waals surface area contributed by atoms with Crippen molar-refractivity contribution >= 4 is 16.6 Å². The van der Waals surface area contributed by atoms with E-state index >= 15 is 0 Å². The third kappa shape index (κ3) is 1.02. The minimum absolute atomic E-state index is 0.838. The molecule has 0 saturated carbocycles. The quantitative estimate of drug-likeness (QED) is 0.397. The van der Waals surface area contributed by atoms with Crippen molar-refractivity contribution in [3.63, 3.8) is 0 Å². The highest BCUT2D eigenvalue weighted by molar-refractivity contribution is 5.91. The number of aromatic nitrogens is 5. The van der Waals surface area contributed by atoms with Crippen molar-refractivity contribution in [1.29, 1.82) is 0 Å². The number of aryl methyl sites for hydroxylation is 1. The molecule has 5 nitrogen and oxygen atoms in total. The number of fused-ring (bicyclic) bond motifs is 7. The van der Waals surface area contributed by atoms with Crippen molar-refractivity contribution in [3.8, 4) is 11.4 Å². The summed E-state index contributed by atoms with van der Waals surface area (Å²) in [5.41, 5.74) is 6.04. The number of pyridine rings is 1. The van der Waals surface area contributed by atoms with Gasteiger partial charge in [0.15, 0.2) is 5.52 Å². The van der Waals surface area contributed by atoms with Gasteiger partial charge < -0.3 is 0 Å². The number of imidazole rings is 1. The third-order valence-corrected chi connectivity index (χ3v) is 4.18. The van der Waals surface area contributed by atoms with Crippen LogP contribution in [0.2, 0.25) is 0 Å². The Balaban J connectivity index is 1.99. The highest BCUT2D eigenvalue weighted by atomic mass is 15.2. The van der Waals surface area contributed by atoms with Crippen LogP contribution in [-0.2, 0) is 13.6 Å². The molecule has 4 aromatic heterocycles. The second-order valence-corrected chi connectivity index (χ2v) is 5.20.